The predicted molar refractivity (Wildman–Crippen MR) is 89.5 cm³/mol. The number of hydrogen-bond donors (Lipinski definition) is 1. The van der Waals surface area contributed by atoms with Gasteiger partial charge in [-0.2, -0.15) is 0 Å². The number of hydrogen-bond acceptors (Lipinski definition) is 2. The number of rotatable bonds is 6. The van der Waals surface area contributed by atoms with Crippen LogP contribution in [0.2, 0.25) is 0 Å². The first kappa shape index (κ1) is 15.3. The summed E-state index contributed by atoms with van der Waals surface area (Å²) in [4.78, 5) is 1.42. The fraction of sp³-hybridized carbons (Fsp3) is 0.444. The van der Waals surface area contributed by atoms with Gasteiger partial charge in [-0.1, -0.05) is 50.6 Å². The van der Waals surface area contributed by atoms with Gasteiger partial charge in [0.1, 0.15) is 0 Å². The third-order valence-corrected chi connectivity index (χ3v) is 5.21. The summed E-state index contributed by atoms with van der Waals surface area (Å²) >= 11 is 1.84. The number of thiophene rings is 1. The molecule has 0 saturated heterocycles. The van der Waals surface area contributed by atoms with Crippen molar-refractivity contribution in [3.05, 3.63) is 57.8 Å². The average Bonchev–Trinajstić information content (AvgIpc) is 2.90. The van der Waals surface area contributed by atoms with Crippen LogP contribution in [-0.2, 0) is 0 Å². The van der Waals surface area contributed by atoms with Crippen LogP contribution in [0.25, 0.3) is 0 Å². The minimum Gasteiger partial charge on any atom is -0.312 e. The maximum atomic E-state index is 3.57. The zero-order valence-corrected chi connectivity index (χ0v) is 13.7. The highest BCUT2D eigenvalue weighted by Crippen LogP contribution is 2.40. The molecule has 1 N–H and O–H groups in total. The molecule has 3 atom stereocenters. The van der Waals surface area contributed by atoms with Gasteiger partial charge < -0.3 is 5.32 Å². The third kappa shape index (κ3) is 3.13. The van der Waals surface area contributed by atoms with Crippen LogP contribution in [0.3, 0.4) is 0 Å². The zero-order chi connectivity index (χ0) is 14.5. The van der Waals surface area contributed by atoms with E-state index in [1.165, 1.54) is 22.4 Å². The molecular formula is C18H25NS. The molecule has 1 aromatic heterocycles. The average molecular weight is 287 g/mol. The molecule has 0 bridgehead atoms. The van der Waals surface area contributed by atoms with Crippen molar-refractivity contribution in [3.63, 3.8) is 0 Å². The van der Waals surface area contributed by atoms with Crippen LogP contribution in [0.1, 0.15) is 48.2 Å². The molecule has 2 aromatic rings. The van der Waals surface area contributed by atoms with Gasteiger partial charge in [-0.15, -0.1) is 11.3 Å². The molecule has 0 radical (unpaired) electrons. The van der Waals surface area contributed by atoms with Crippen LogP contribution in [0, 0.1) is 12.8 Å². The summed E-state index contributed by atoms with van der Waals surface area (Å²) in [6.45, 7) is 6.88. The Morgan fingerprint density at radius 1 is 1.15 bits per heavy atom. The van der Waals surface area contributed by atoms with Crippen molar-refractivity contribution in [3.8, 4) is 0 Å². The lowest BCUT2D eigenvalue weighted by atomic mass is 9.78. The maximum absolute atomic E-state index is 3.57. The molecule has 20 heavy (non-hydrogen) atoms. The van der Waals surface area contributed by atoms with E-state index in [2.05, 4.69) is 74.9 Å². The summed E-state index contributed by atoms with van der Waals surface area (Å²) < 4.78 is 0. The van der Waals surface area contributed by atoms with Gasteiger partial charge in [-0.3, -0.25) is 0 Å². The van der Waals surface area contributed by atoms with E-state index < -0.39 is 0 Å². The SMILES string of the molecule is CCC(C)C(c1ccccc1)C(NC)c1ccsc1C. The van der Waals surface area contributed by atoms with Crippen molar-refractivity contribution in [1.29, 1.82) is 0 Å². The van der Waals surface area contributed by atoms with Gasteiger partial charge in [0.2, 0.25) is 0 Å². The van der Waals surface area contributed by atoms with Crippen LogP contribution >= 0.6 is 11.3 Å². The molecule has 0 amide bonds. The van der Waals surface area contributed by atoms with Gasteiger partial charge in [-0.05, 0) is 42.5 Å². The monoisotopic (exact) mass is 287 g/mol. The second kappa shape index (κ2) is 7.05. The lowest BCUT2D eigenvalue weighted by molar-refractivity contribution is 0.354. The number of benzene rings is 1. The molecule has 0 spiro atoms. The summed E-state index contributed by atoms with van der Waals surface area (Å²) in [5.41, 5.74) is 2.89. The molecule has 0 saturated carbocycles. The molecule has 2 rings (SSSR count). The first-order valence-electron chi connectivity index (χ1n) is 7.45. The second-order valence-electron chi connectivity index (χ2n) is 5.52. The summed E-state index contributed by atoms with van der Waals surface area (Å²) in [6, 6.07) is 13.6. The normalized spacial score (nSPS) is 15.8. The van der Waals surface area contributed by atoms with Crippen LogP contribution < -0.4 is 5.32 Å². The molecular weight excluding hydrogens is 262 g/mol. The quantitative estimate of drug-likeness (QED) is 0.775. The Kier molecular flexibility index (Phi) is 5.38. The standard InChI is InChI=1S/C18H25NS/c1-5-13(2)17(15-9-7-6-8-10-15)18(19-4)16-11-12-20-14(16)3/h6-13,17-19H,5H2,1-4H3. The lowest BCUT2D eigenvalue weighted by Crippen LogP contribution is -2.28. The van der Waals surface area contributed by atoms with Crippen molar-refractivity contribution in [1.82, 2.24) is 5.32 Å². The Morgan fingerprint density at radius 3 is 2.35 bits per heavy atom. The fourth-order valence-corrected chi connectivity index (χ4v) is 3.77. The predicted octanol–water partition coefficient (Wildman–Crippen LogP) is 5.15. The Bertz CT molecular complexity index is 517. The van der Waals surface area contributed by atoms with E-state index in [9.17, 15) is 0 Å². The number of nitrogens with one attached hydrogen (secondary N) is 1. The molecule has 108 valence electrons. The smallest absolute Gasteiger partial charge is 0.0400 e. The molecule has 1 heterocycles. The Labute approximate surface area is 127 Å². The zero-order valence-electron chi connectivity index (χ0n) is 12.9. The molecule has 0 aliphatic heterocycles. The Hall–Kier alpha value is -1.12. The molecule has 0 aliphatic carbocycles. The lowest BCUT2D eigenvalue weighted by Gasteiger charge is -2.32. The van der Waals surface area contributed by atoms with E-state index in [1.807, 2.05) is 11.3 Å². The highest BCUT2D eigenvalue weighted by molar-refractivity contribution is 7.10. The van der Waals surface area contributed by atoms with E-state index in [4.69, 9.17) is 0 Å². The highest BCUT2D eigenvalue weighted by atomic mass is 32.1. The van der Waals surface area contributed by atoms with E-state index in [1.54, 1.807) is 0 Å². The minimum absolute atomic E-state index is 0.388. The van der Waals surface area contributed by atoms with E-state index in [0.717, 1.165) is 0 Å². The first-order valence-corrected chi connectivity index (χ1v) is 8.33. The maximum Gasteiger partial charge on any atom is 0.0400 e. The molecule has 0 fully saturated rings. The first-order chi connectivity index (χ1) is 9.69. The third-order valence-electron chi connectivity index (χ3n) is 4.35. The summed E-state index contributed by atoms with van der Waals surface area (Å²) in [5.74, 6) is 1.16. The van der Waals surface area contributed by atoms with Gasteiger partial charge in [0.05, 0.1) is 0 Å². The topological polar surface area (TPSA) is 12.0 Å². The van der Waals surface area contributed by atoms with Crippen molar-refractivity contribution in [2.75, 3.05) is 7.05 Å². The largest absolute Gasteiger partial charge is 0.312 e. The van der Waals surface area contributed by atoms with Crippen molar-refractivity contribution in [2.24, 2.45) is 5.92 Å². The molecule has 1 aromatic carbocycles. The van der Waals surface area contributed by atoms with Crippen LogP contribution in [-0.4, -0.2) is 7.05 Å². The van der Waals surface area contributed by atoms with Gasteiger partial charge in [0, 0.05) is 16.8 Å². The van der Waals surface area contributed by atoms with Gasteiger partial charge in [0.15, 0.2) is 0 Å². The molecule has 0 aliphatic rings. The molecule has 2 heteroatoms. The van der Waals surface area contributed by atoms with Gasteiger partial charge in [-0.25, -0.2) is 0 Å². The summed E-state index contributed by atoms with van der Waals surface area (Å²) in [5, 5.41) is 5.77. The fourth-order valence-electron chi connectivity index (χ4n) is 3.02. The number of aryl methyl sites for hydroxylation is 1. The van der Waals surface area contributed by atoms with Crippen molar-refractivity contribution < 1.29 is 0 Å². The Balaban J connectivity index is 2.42. The Morgan fingerprint density at radius 2 is 1.85 bits per heavy atom. The van der Waals surface area contributed by atoms with Crippen LogP contribution in [0.15, 0.2) is 41.8 Å². The van der Waals surface area contributed by atoms with Crippen molar-refractivity contribution >= 4 is 11.3 Å². The second-order valence-corrected chi connectivity index (χ2v) is 6.64. The van der Waals surface area contributed by atoms with Gasteiger partial charge >= 0.3 is 0 Å². The van der Waals surface area contributed by atoms with Crippen molar-refractivity contribution in [2.45, 2.75) is 39.2 Å². The van der Waals surface area contributed by atoms with E-state index in [-0.39, 0.29) is 0 Å². The molecule has 1 nitrogen and oxygen atoms in total. The van der Waals surface area contributed by atoms with E-state index >= 15 is 0 Å². The number of likely N-dealkylation sites (N-methyl/N-ethyl adjacent to an activating group) is 1. The van der Waals surface area contributed by atoms with Crippen LogP contribution in [0.5, 0.6) is 0 Å². The highest BCUT2D eigenvalue weighted by Gasteiger charge is 2.28. The molecule has 3 unspecified atom stereocenters. The van der Waals surface area contributed by atoms with Gasteiger partial charge in [0.25, 0.3) is 0 Å². The summed E-state index contributed by atoms with van der Waals surface area (Å²) in [7, 11) is 2.08. The van der Waals surface area contributed by atoms with E-state index in [0.29, 0.717) is 17.9 Å². The summed E-state index contributed by atoms with van der Waals surface area (Å²) in [6.07, 6.45) is 1.20. The van der Waals surface area contributed by atoms with Crippen LogP contribution in [0.4, 0.5) is 0 Å². The minimum atomic E-state index is 0.388.